The lowest BCUT2D eigenvalue weighted by atomic mass is 9.78. The number of Topliss-reactive ketones (excluding diaryl/α,β-unsaturated/α-hetero) is 1. The first-order valence-corrected chi connectivity index (χ1v) is 20.0. The molecule has 0 aromatic carbocycles. The van der Waals surface area contributed by atoms with Crippen molar-refractivity contribution in [2.24, 2.45) is 17.3 Å². The maximum absolute atomic E-state index is 14.4. The standard InChI is InChI=1S/C33H53Cl2N5O7S/c1-6-8-13-21(25(41)28(43)36-17-7-2)37-27(42)24-23-20(33(23,34)35)19-40(24)29(44)26(31(3,4)5)38-30(45)39-32(15-10-9-11-16-32)22-14-12-18-48(22,46)47/h20-24,26H,6-19H2,1-5H3,(H,36,43)(H,37,42)(H2,38,39,45)/t20-,21-,22+,23-,24-,26+/m0/s1. The number of nitrogens with zero attached hydrogens (tertiary/aromatic N) is 1. The molecule has 2 saturated carbocycles. The third-order valence-electron chi connectivity index (χ3n) is 10.6. The zero-order valence-corrected chi connectivity index (χ0v) is 31.2. The Balaban J connectivity index is 1.55. The number of alkyl halides is 2. The fraction of sp³-hybridized carbons (Fsp3) is 0.848. The first-order chi connectivity index (χ1) is 22.4. The van der Waals surface area contributed by atoms with Crippen LogP contribution in [0.25, 0.3) is 0 Å². The lowest BCUT2D eigenvalue weighted by Gasteiger charge is -2.43. The Bertz CT molecular complexity index is 1360. The van der Waals surface area contributed by atoms with E-state index in [1.54, 1.807) is 20.8 Å². The Morgan fingerprint density at radius 1 is 0.958 bits per heavy atom. The molecular formula is C33H53Cl2N5O7S. The third-order valence-corrected chi connectivity index (χ3v) is 14.0. The molecule has 2 aliphatic heterocycles. The summed E-state index contributed by atoms with van der Waals surface area (Å²) in [6.45, 7) is 9.56. The largest absolute Gasteiger partial charge is 0.349 e. The maximum atomic E-state index is 14.4. The number of amides is 5. The molecule has 2 aliphatic carbocycles. The SMILES string of the molecule is CCCC[C@H](NC(=O)[C@@H]1[C@@H]2[C@H](CN1C(=O)[C@@H](NC(=O)NC1([C@H]3CCCS3(=O)=O)CCCCC1)C(C)(C)C)C2(Cl)Cl)C(=O)C(=O)NCCC. The maximum Gasteiger partial charge on any atom is 0.315 e. The molecule has 0 aromatic heterocycles. The highest BCUT2D eigenvalue weighted by Crippen LogP contribution is 2.65. The summed E-state index contributed by atoms with van der Waals surface area (Å²) in [7, 11) is -3.37. The van der Waals surface area contributed by atoms with Gasteiger partial charge in [0.25, 0.3) is 5.91 Å². The van der Waals surface area contributed by atoms with Crippen molar-refractivity contribution in [1.82, 2.24) is 26.2 Å². The number of hydrogen-bond donors (Lipinski definition) is 4. The number of fused-ring (bicyclic) bond motifs is 1. The second-order valence-corrected chi connectivity index (χ2v) is 18.9. The minimum Gasteiger partial charge on any atom is -0.349 e. The van der Waals surface area contributed by atoms with E-state index in [0.717, 1.165) is 25.7 Å². The van der Waals surface area contributed by atoms with E-state index in [1.807, 2.05) is 13.8 Å². The van der Waals surface area contributed by atoms with Crippen molar-refractivity contribution >= 4 is 62.6 Å². The van der Waals surface area contributed by atoms with Crippen molar-refractivity contribution in [2.75, 3.05) is 18.8 Å². The van der Waals surface area contributed by atoms with Gasteiger partial charge >= 0.3 is 6.03 Å². The monoisotopic (exact) mass is 733 g/mol. The molecule has 0 aromatic rings. The molecule has 48 heavy (non-hydrogen) atoms. The Morgan fingerprint density at radius 2 is 1.62 bits per heavy atom. The molecule has 4 fully saturated rings. The van der Waals surface area contributed by atoms with Gasteiger partial charge in [0.15, 0.2) is 9.84 Å². The molecule has 272 valence electrons. The molecule has 0 bridgehead atoms. The second-order valence-electron chi connectivity index (χ2n) is 15.2. The van der Waals surface area contributed by atoms with Crippen molar-refractivity contribution in [3.05, 3.63) is 0 Å². The molecule has 4 rings (SSSR count). The summed E-state index contributed by atoms with van der Waals surface area (Å²) < 4.78 is 24.8. The lowest BCUT2D eigenvalue weighted by Crippen LogP contribution is -2.65. The quantitative estimate of drug-likeness (QED) is 0.166. The van der Waals surface area contributed by atoms with Crippen molar-refractivity contribution < 1.29 is 32.4 Å². The van der Waals surface area contributed by atoms with E-state index in [9.17, 15) is 32.4 Å². The molecule has 12 nitrogen and oxygen atoms in total. The van der Waals surface area contributed by atoms with Gasteiger partial charge in [0.05, 0.1) is 22.6 Å². The van der Waals surface area contributed by atoms with E-state index in [2.05, 4.69) is 21.3 Å². The lowest BCUT2D eigenvalue weighted by molar-refractivity contribution is -0.144. The third kappa shape index (κ3) is 8.09. The second kappa shape index (κ2) is 15.0. The van der Waals surface area contributed by atoms with Gasteiger partial charge in [-0.05, 0) is 43.9 Å². The molecule has 2 heterocycles. The van der Waals surface area contributed by atoms with Gasteiger partial charge in [-0.1, -0.05) is 66.7 Å². The van der Waals surface area contributed by atoms with Crippen LogP contribution in [0.15, 0.2) is 0 Å². The van der Waals surface area contributed by atoms with Crippen molar-refractivity contribution in [3.63, 3.8) is 0 Å². The number of carbonyl (C=O) groups excluding carboxylic acids is 5. The first-order valence-electron chi connectivity index (χ1n) is 17.5. The fourth-order valence-electron chi connectivity index (χ4n) is 7.88. The number of rotatable bonds is 13. The van der Waals surface area contributed by atoms with Crippen LogP contribution < -0.4 is 21.3 Å². The van der Waals surface area contributed by atoms with E-state index in [4.69, 9.17) is 23.2 Å². The topological polar surface area (TPSA) is 171 Å². The number of urea groups is 1. The number of hydrogen-bond acceptors (Lipinski definition) is 7. The van der Waals surface area contributed by atoms with Crippen LogP contribution in [0.1, 0.15) is 105 Å². The van der Waals surface area contributed by atoms with Gasteiger partial charge < -0.3 is 26.2 Å². The van der Waals surface area contributed by atoms with Crippen LogP contribution >= 0.6 is 23.2 Å². The van der Waals surface area contributed by atoms with Crippen molar-refractivity contribution in [1.29, 1.82) is 0 Å². The van der Waals surface area contributed by atoms with Crippen molar-refractivity contribution in [3.8, 4) is 0 Å². The average Bonchev–Trinajstić information content (AvgIpc) is 3.33. The van der Waals surface area contributed by atoms with E-state index >= 15 is 0 Å². The summed E-state index contributed by atoms with van der Waals surface area (Å²) in [5.41, 5.74) is -1.72. The van der Waals surface area contributed by atoms with E-state index in [0.29, 0.717) is 45.1 Å². The molecule has 6 atom stereocenters. The molecule has 0 unspecified atom stereocenters. The Morgan fingerprint density at radius 3 is 2.19 bits per heavy atom. The van der Waals surface area contributed by atoms with Gasteiger partial charge in [-0.3, -0.25) is 19.2 Å². The van der Waals surface area contributed by atoms with E-state index in [1.165, 1.54) is 4.90 Å². The normalized spacial score (nSPS) is 28.0. The first kappa shape index (κ1) is 38.7. The number of piperidine rings is 1. The van der Waals surface area contributed by atoms with Crippen LogP contribution in [-0.2, 0) is 29.0 Å². The van der Waals surface area contributed by atoms with Crippen LogP contribution in [-0.4, -0.2) is 94.9 Å². The minimum absolute atomic E-state index is 0.0687. The van der Waals surface area contributed by atoms with Crippen molar-refractivity contribution in [2.45, 2.75) is 138 Å². The molecule has 4 aliphatic rings. The summed E-state index contributed by atoms with van der Waals surface area (Å²) in [4.78, 5) is 69.0. The highest BCUT2D eigenvalue weighted by Gasteiger charge is 2.74. The molecule has 2 saturated heterocycles. The molecule has 0 spiro atoms. The van der Waals surface area contributed by atoms with E-state index < -0.39 is 89.9 Å². The number of ketones is 1. The molecule has 0 radical (unpaired) electrons. The number of nitrogens with one attached hydrogen (secondary N) is 4. The molecular weight excluding hydrogens is 681 g/mol. The number of carbonyl (C=O) groups is 5. The smallest absolute Gasteiger partial charge is 0.315 e. The van der Waals surface area contributed by atoms with Crippen LogP contribution in [0.3, 0.4) is 0 Å². The van der Waals surface area contributed by atoms with Crippen LogP contribution in [0, 0.1) is 17.3 Å². The van der Waals surface area contributed by atoms with Gasteiger partial charge in [0, 0.05) is 24.9 Å². The molecule has 15 heteroatoms. The predicted molar refractivity (Wildman–Crippen MR) is 184 cm³/mol. The summed E-state index contributed by atoms with van der Waals surface area (Å²) >= 11 is 13.1. The zero-order valence-electron chi connectivity index (χ0n) is 28.8. The number of sulfone groups is 1. The Labute approximate surface area is 294 Å². The fourth-order valence-corrected chi connectivity index (χ4v) is 11.1. The molecule has 4 N–H and O–H groups in total. The summed E-state index contributed by atoms with van der Waals surface area (Å²) in [5, 5.41) is 10.5. The Kier molecular flexibility index (Phi) is 12.1. The Hall–Kier alpha value is -2.12. The van der Waals surface area contributed by atoms with E-state index in [-0.39, 0.29) is 18.7 Å². The average molecular weight is 735 g/mol. The summed E-state index contributed by atoms with van der Waals surface area (Å²) in [6.07, 6.45) is 6.86. The van der Waals surface area contributed by atoms with Gasteiger partial charge in [-0.2, -0.15) is 0 Å². The molecule has 5 amide bonds. The van der Waals surface area contributed by atoms with Crippen LogP contribution in [0.4, 0.5) is 4.79 Å². The van der Waals surface area contributed by atoms with Crippen LogP contribution in [0.5, 0.6) is 0 Å². The minimum atomic E-state index is -3.37. The van der Waals surface area contributed by atoms with Gasteiger partial charge in [0.1, 0.15) is 16.4 Å². The summed E-state index contributed by atoms with van der Waals surface area (Å²) in [6, 6.07) is -3.95. The summed E-state index contributed by atoms with van der Waals surface area (Å²) in [5.74, 6) is -3.60. The van der Waals surface area contributed by atoms with Crippen LogP contribution in [0.2, 0.25) is 0 Å². The van der Waals surface area contributed by atoms with Gasteiger partial charge in [-0.15, -0.1) is 23.2 Å². The highest BCUT2D eigenvalue weighted by atomic mass is 35.5. The number of unbranched alkanes of at least 4 members (excludes halogenated alkanes) is 1. The van der Waals surface area contributed by atoms with Gasteiger partial charge in [0.2, 0.25) is 17.6 Å². The number of halogens is 2. The predicted octanol–water partition coefficient (Wildman–Crippen LogP) is 3.38. The highest BCUT2D eigenvalue weighted by molar-refractivity contribution is 7.92. The number of likely N-dealkylation sites (tertiary alicyclic amines) is 1. The van der Waals surface area contributed by atoms with Gasteiger partial charge in [-0.25, -0.2) is 13.2 Å². The zero-order chi connectivity index (χ0) is 35.7.